The fourth-order valence-electron chi connectivity index (χ4n) is 2.61. The normalized spacial score (nSPS) is 14.6. The van der Waals surface area contributed by atoms with E-state index in [2.05, 4.69) is 36.1 Å². The Hall–Kier alpha value is -1.95. The van der Waals surface area contributed by atoms with Gasteiger partial charge in [0.2, 0.25) is 5.95 Å². The summed E-state index contributed by atoms with van der Waals surface area (Å²) in [4.78, 5) is 23.2. The molecule has 1 N–H and O–H groups in total. The van der Waals surface area contributed by atoms with Crippen LogP contribution in [0.4, 0.5) is 11.6 Å². The number of nitrogens with one attached hydrogen (secondary N) is 1. The quantitative estimate of drug-likeness (QED) is 0.887. The van der Waals surface area contributed by atoms with Crippen LogP contribution in [0.2, 0.25) is 0 Å². The largest absolute Gasteiger partial charge is 0.341 e. The fourth-order valence-corrected chi connectivity index (χ4v) is 3.20. The van der Waals surface area contributed by atoms with Gasteiger partial charge in [-0.05, 0) is 59.8 Å². The first-order valence-electron chi connectivity index (χ1n) is 7.78. The maximum absolute atomic E-state index is 12.3. The minimum Gasteiger partial charge on any atom is -0.341 e. The van der Waals surface area contributed by atoms with Gasteiger partial charge in [-0.1, -0.05) is 6.07 Å². The third kappa shape index (κ3) is 3.88. The van der Waals surface area contributed by atoms with E-state index in [1.165, 1.54) is 19.3 Å². The van der Waals surface area contributed by atoms with Gasteiger partial charge in [-0.3, -0.25) is 4.79 Å². The number of nitrogens with zero attached hydrogens (tertiary/aromatic N) is 3. The van der Waals surface area contributed by atoms with Gasteiger partial charge < -0.3 is 10.2 Å². The maximum atomic E-state index is 12.3. The number of benzene rings is 1. The van der Waals surface area contributed by atoms with Crippen LogP contribution < -0.4 is 10.2 Å². The Balaban J connectivity index is 1.69. The van der Waals surface area contributed by atoms with Crippen molar-refractivity contribution in [2.75, 3.05) is 23.3 Å². The second-order valence-corrected chi connectivity index (χ2v) is 6.61. The molecular weight excluding hydrogens is 356 g/mol. The molecule has 1 saturated heterocycles. The van der Waals surface area contributed by atoms with Crippen molar-refractivity contribution in [2.24, 2.45) is 0 Å². The van der Waals surface area contributed by atoms with E-state index in [9.17, 15) is 4.79 Å². The molecule has 5 nitrogen and oxygen atoms in total. The summed E-state index contributed by atoms with van der Waals surface area (Å²) in [5.41, 5.74) is 2.32. The van der Waals surface area contributed by atoms with Crippen LogP contribution in [0.15, 0.2) is 35.1 Å². The maximum Gasteiger partial charge on any atom is 0.258 e. The number of aryl methyl sites for hydroxylation is 1. The topological polar surface area (TPSA) is 58.1 Å². The number of amides is 1. The van der Waals surface area contributed by atoms with E-state index in [1.807, 2.05) is 25.1 Å². The number of hydrogen-bond donors (Lipinski definition) is 1. The standard InChI is InChI=1S/C17H19BrN4O/c1-12-5-6-15(14(18)9-12)21-16(23)13-10-19-17(20-11-13)22-7-3-2-4-8-22/h5-6,9-11H,2-4,7-8H2,1H3,(H,21,23). The van der Waals surface area contributed by atoms with Crippen LogP contribution in [0.1, 0.15) is 35.2 Å². The summed E-state index contributed by atoms with van der Waals surface area (Å²) >= 11 is 3.46. The molecule has 23 heavy (non-hydrogen) atoms. The monoisotopic (exact) mass is 374 g/mol. The van der Waals surface area contributed by atoms with Crippen LogP contribution in [0.3, 0.4) is 0 Å². The number of piperidine rings is 1. The molecule has 120 valence electrons. The predicted molar refractivity (Wildman–Crippen MR) is 94.9 cm³/mol. The Labute approximate surface area is 144 Å². The Morgan fingerprint density at radius 1 is 1.17 bits per heavy atom. The number of halogens is 1. The highest BCUT2D eigenvalue weighted by atomic mass is 79.9. The molecule has 2 aromatic rings. The van der Waals surface area contributed by atoms with Crippen molar-refractivity contribution in [1.82, 2.24) is 9.97 Å². The Morgan fingerprint density at radius 2 is 1.87 bits per heavy atom. The van der Waals surface area contributed by atoms with Gasteiger partial charge in [-0.2, -0.15) is 0 Å². The van der Waals surface area contributed by atoms with E-state index in [-0.39, 0.29) is 5.91 Å². The van der Waals surface area contributed by atoms with Crippen LogP contribution in [0.5, 0.6) is 0 Å². The molecule has 3 rings (SSSR count). The Morgan fingerprint density at radius 3 is 2.52 bits per heavy atom. The van der Waals surface area contributed by atoms with Crippen LogP contribution in [0, 0.1) is 6.92 Å². The van der Waals surface area contributed by atoms with Crippen LogP contribution >= 0.6 is 15.9 Å². The molecule has 1 aliphatic heterocycles. The molecule has 0 aliphatic carbocycles. The number of aromatic nitrogens is 2. The van der Waals surface area contributed by atoms with Gasteiger partial charge in [0, 0.05) is 30.0 Å². The zero-order valence-corrected chi connectivity index (χ0v) is 14.6. The van der Waals surface area contributed by atoms with Gasteiger partial charge in [0.25, 0.3) is 5.91 Å². The highest BCUT2D eigenvalue weighted by Gasteiger charge is 2.15. The first kappa shape index (κ1) is 15.9. The van der Waals surface area contributed by atoms with E-state index in [0.29, 0.717) is 11.5 Å². The predicted octanol–water partition coefficient (Wildman–Crippen LogP) is 3.79. The highest BCUT2D eigenvalue weighted by Crippen LogP contribution is 2.24. The molecule has 0 spiro atoms. The minimum absolute atomic E-state index is 0.209. The molecule has 1 aromatic carbocycles. The van der Waals surface area contributed by atoms with Crippen LogP contribution in [-0.4, -0.2) is 29.0 Å². The number of rotatable bonds is 3. The van der Waals surface area contributed by atoms with Crippen molar-refractivity contribution in [3.8, 4) is 0 Å². The van der Waals surface area contributed by atoms with E-state index < -0.39 is 0 Å². The first-order chi connectivity index (χ1) is 11.1. The van der Waals surface area contributed by atoms with Gasteiger partial charge in [0.05, 0.1) is 11.3 Å². The van der Waals surface area contributed by atoms with Crippen LogP contribution in [0.25, 0.3) is 0 Å². The summed E-state index contributed by atoms with van der Waals surface area (Å²) in [5, 5.41) is 2.87. The molecule has 2 heterocycles. The SMILES string of the molecule is Cc1ccc(NC(=O)c2cnc(N3CCCCC3)nc2)c(Br)c1. The zero-order chi connectivity index (χ0) is 16.2. The smallest absolute Gasteiger partial charge is 0.258 e. The average molecular weight is 375 g/mol. The second-order valence-electron chi connectivity index (χ2n) is 5.76. The molecule has 0 atom stereocenters. The molecule has 1 aromatic heterocycles. The molecule has 1 amide bonds. The van der Waals surface area contributed by atoms with E-state index >= 15 is 0 Å². The highest BCUT2D eigenvalue weighted by molar-refractivity contribution is 9.10. The van der Waals surface area contributed by atoms with Gasteiger partial charge in [-0.15, -0.1) is 0 Å². The zero-order valence-electron chi connectivity index (χ0n) is 13.1. The van der Waals surface area contributed by atoms with E-state index in [0.717, 1.165) is 28.8 Å². The van der Waals surface area contributed by atoms with Crippen molar-refractivity contribution >= 4 is 33.5 Å². The number of carbonyl (C=O) groups is 1. The van der Waals surface area contributed by atoms with Crippen molar-refractivity contribution < 1.29 is 4.79 Å². The number of anilines is 2. The van der Waals surface area contributed by atoms with Crippen molar-refractivity contribution in [3.63, 3.8) is 0 Å². The summed E-state index contributed by atoms with van der Waals surface area (Å²) in [6.07, 6.45) is 6.80. The third-order valence-corrected chi connectivity index (χ3v) is 4.57. The first-order valence-corrected chi connectivity index (χ1v) is 8.57. The molecule has 0 unspecified atom stereocenters. The summed E-state index contributed by atoms with van der Waals surface area (Å²) in [6.45, 7) is 3.98. The fraction of sp³-hybridized carbons (Fsp3) is 0.353. The van der Waals surface area contributed by atoms with Gasteiger partial charge in [0.1, 0.15) is 0 Å². The molecule has 6 heteroatoms. The Bertz CT molecular complexity index is 696. The van der Waals surface area contributed by atoms with Crippen molar-refractivity contribution in [3.05, 3.63) is 46.2 Å². The lowest BCUT2D eigenvalue weighted by molar-refractivity contribution is 0.102. The lowest BCUT2D eigenvalue weighted by Crippen LogP contribution is -2.31. The van der Waals surface area contributed by atoms with E-state index in [4.69, 9.17) is 0 Å². The van der Waals surface area contributed by atoms with Gasteiger partial charge >= 0.3 is 0 Å². The minimum atomic E-state index is -0.209. The van der Waals surface area contributed by atoms with Crippen LogP contribution in [-0.2, 0) is 0 Å². The average Bonchev–Trinajstić information content (AvgIpc) is 2.58. The van der Waals surface area contributed by atoms with Crippen molar-refractivity contribution in [1.29, 1.82) is 0 Å². The lowest BCUT2D eigenvalue weighted by Gasteiger charge is -2.26. The Kier molecular flexibility index (Phi) is 4.91. The molecule has 0 bridgehead atoms. The second kappa shape index (κ2) is 7.08. The van der Waals surface area contributed by atoms with Crippen molar-refractivity contribution in [2.45, 2.75) is 26.2 Å². The lowest BCUT2D eigenvalue weighted by atomic mass is 10.1. The summed E-state index contributed by atoms with van der Waals surface area (Å²) < 4.78 is 0.858. The summed E-state index contributed by atoms with van der Waals surface area (Å²) in [7, 11) is 0. The van der Waals surface area contributed by atoms with Gasteiger partial charge in [-0.25, -0.2) is 9.97 Å². The number of hydrogen-bond acceptors (Lipinski definition) is 4. The summed E-state index contributed by atoms with van der Waals surface area (Å²) in [5.74, 6) is 0.498. The van der Waals surface area contributed by atoms with Gasteiger partial charge in [0.15, 0.2) is 0 Å². The molecule has 1 fully saturated rings. The molecule has 0 saturated carbocycles. The molecule has 1 aliphatic rings. The molecule has 0 radical (unpaired) electrons. The number of carbonyl (C=O) groups excluding carboxylic acids is 1. The van der Waals surface area contributed by atoms with E-state index in [1.54, 1.807) is 12.4 Å². The summed E-state index contributed by atoms with van der Waals surface area (Å²) in [6, 6.07) is 5.79. The molecular formula is C17H19BrN4O. The third-order valence-electron chi connectivity index (χ3n) is 3.91.